The zero-order valence-electron chi connectivity index (χ0n) is 16.1. The Hall–Kier alpha value is -3.73. The Morgan fingerprint density at radius 3 is 2.12 bits per heavy atom. The van der Waals surface area contributed by atoms with Crippen LogP contribution in [0.15, 0.2) is 48.5 Å². The van der Waals surface area contributed by atoms with Crippen molar-refractivity contribution in [3.05, 3.63) is 87.7 Å². The van der Waals surface area contributed by atoms with Crippen molar-refractivity contribution in [3.8, 4) is 11.5 Å². The maximum Gasteiger partial charge on any atom is 0.416 e. The Morgan fingerprint density at radius 2 is 1.58 bits per heavy atom. The molecule has 0 radical (unpaired) electrons. The molecule has 0 spiro atoms. The van der Waals surface area contributed by atoms with E-state index in [4.69, 9.17) is 22.1 Å². The van der Waals surface area contributed by atoms with E-state index in [1.54, 1.807) is 0 Å². The van der Waals surface area contributed by atoms with Crippen molar-refractivity contribution in [2.24, 2.45) is 5.73 Å². The SMILES string of the molecule is NC(=O)c1c(F)cc(C(=O)Nc2cccc(Oc3ccc(C(F)(F)F)cc3Cl)c2F)cc1F. The first kappa shape index (κ1) is 23.9. The van der Waals surface area contributed by atoms with Gasteiger partial charge in [-0.15, -0.1) is 0 Å². The molecule has 0 heterocycles. The number of hydrogen-bond donors (Lipinski definition) is 2. The van der Waals surface area contributed by atoms with Gasteiger partial charge in [0, 0.05) is 5.56 Å². The van der Waals surface area contributed by atoms with Gasteiger partial charge in [0.25, 0.3) is 11.8 Å². The summed E-state index contributed by atoms with van der Waals surface area (Å²) in [6.07, 6.45) is -4.65. The van der Waals surface area contributed by atoms with E-state index in [-0.39, 0.29) is 5.75 Å². The number of amides is 2. The third-order valence-electron chi connectivity index (χ3n) is 4.24. The summed E-state index contributed by atoms with van der Waals surface area (Å²) in [6, 6.07) is 6.70. The minimum atomic E-state index is -4.65. The molecule has 3 rings (SSSR count). The first-order valence-corrected chi connectivity index (χ1v) is 9.19. The van der Waals surface area contributed by atoms with E-state index in [2.05, 4.69) is 5.32 Å². The van der Waals surface area contributed by atoms with Crippen LogP contribution in [0.2, 0.25) is 5.02 Å². The minimum Gasteiger partial charge on any atom is -0.453 e. The summed E-state index contributed by atoms with van der Waals surface area (Å²) in [7, 11) is 0. The fourth-order valence-corrected chi connectivity index (χ4v) is 2.92. The highest BCUT2D eigenvalue weighted by Crippen LogP contribution is 2.37. The summed E-state index contributed by atoms with van der Waals surface area (Å²) in [6.45, 7) is 0. The number of hydrogen-bond acceptors (Lipinski definition) is 3. The minimum absolute atomic E-state index is 0.293. The number of carbonyl (C=O) groups is 2. The molecule has 0 aromatic heterocycles. The maximum absolute atomic E-state index is 14.8. The van der Waals surface area contributed by atoms with Crippen molar-refractivity contribution in [2.45, 2.75) is 6.18 Å². The molecule has 0 aliphatic rings. The van der Waals surface area contributed by atoms with Crippen LogP contribution in [0.1, 0.15) is 26.3 Å². The number of halogens is 7. The summed E-state index contributed by atoms with van der Waals surface area (Å²) >= 11 is 5.79. The zero-order chi connectivity index (χ0) is 24.5. The first-order valence-electron chi connectivity index (χ1n) is 8.81. The van der Waals surface area contributed by atoms with Crippen LogP contribution >= 0.6 is 11.6 Å². The van der Waals surface area contributed by atoms with E-state index in [9.17, 15) is 35.9 Å². The normalized spacial score (nSPS) is 11.2. The number of primary amides is 1. The van der Waals surface area contributed by atoms with E-state index < -0.39 is 68.6 Å². The van der Waals surface area contributed by atoms with Gasteiger partial charge in [-0.3, -0.25) is 9.59 Å². The number of anilines is 1. The predicted molar refractivity (Wildman–Crippen MR) is 106 cm³/mol. The number of nitrogens with two attached hydrogens (primary N) is 1. The summed E-state index contributed by atoms with van der Waals surface area (Å²) in [5.74, 6) is -7.22. The molecule has 0 atom stereocenters. The quantitative estimate of drug-likeness (QED) is 0.437. The van der Waals surface area contributed by atoms with Crippen molar-refractivity contribution >= 4 is 29.1 Å². The molecule has 33 heavy (non-hydrogen) atoms. The molecule has 0 fully saturated rings. The lowest BCUT2D eigenvalue weighted by molar-refractivity contribution is -0.137. The molecule has 5 nitrogen and oxygen atoms in total. The van der Waals surface area contributed by atoms with Gasteiger partial charge in [0.05, 0.1) is 16.3 Å². The van der Waals surface area contributed by atoms with Gasteiger partial charge < -0.3 is 15.8 Å². The molecule has 0 saturated heterocycles. The number of carbonyl (C=O) groups excluding carboxylic acids is 2. The molecule has 172 valence electrons. The smallest absolute Gasteiger partial charge is 0.416 e. The van der Waals surface area contributed by atoms with Crippen LogP contribution in [0.4, 0.5) is 32.0 Å². The van der Waals surface area contributed by atoms with Crippen LogP contribution < -0.4 is 15.8 Å². The van der Waals surface area contributed by atoms with Crippen LogP contribution in [-0.2, 0) is 6.18 Å². The van der Waals surface area contributed by atoms with E-state index >= 15 is 0 Å². The molecule has 3 N–H and O–H groups in total. The van der Waals surface area contributed by atoms with E-state index in [1.165, 1.54) is 6.07 Å². The Morgan fingerprint density at radius 1 is 0.939 bits per heavy atom. The number of rotatable bonds is 5. The summed E-state index contributed by atoms with van der Waals surface area (Å²) in [5.41, 5.74) is 1.73. The highest BCUT2D eigenvalue weighted by molar-refractivity contribution is 6.32. The first-order chi connectivity index (χ1) is 15.4. The molecule has 3 aromatic carbocycles. The number of ether oxygens (including phenoxy) is 1. The lowest BCUT2D eigenvalue weighted by atomic mass is 10.1. The standard InChI is InChI=1S/C21H11ClF6N2O3/c22-11-8-10(21(26,27)28)4-5-15(11)33-16-3-1-2-14(18(16)25)30-20(32)9-6-12(23)17(19(29)31)13(24)7-9/h1-8H,(H2,29,31)(H,30,32). The molecule has 0 saturated carbocycles. The highest BCUT2D eigenvalue weighted by atomic mass is 35.5. The zero-order valence-corrected chi connectivity index (χ0v) is 16.8. The van der Waals surface area contributed by atoms with Crippen molar-refractivity contribution < 1.29 is 40.7 Å². The second kappa shape index (κ2) is 9.02. The largest absolute Gasteiger partial charge is 0.453 e. The van der Waals surface area contributed by atoms with E-state index in [1.807, 2.05) is 0 Å². The average molecular weight is 489 g/mol. The highest BCUT2D eigenvalue weighted by Gasteiger charge is 2.31. The van der Waals surface area contributed by atoms with Crippen molar-refractivity contribution in [2.75, 3.05) is 5.32 Å². The third-order valence-corrected chi connectivity index (χ3v) is 4.54. The second-order valence-corrected chi connectivity index (χ2v) is 6.90. The average Bonchev–Trinajstić information content (AvgIpc) is 2.70. The van der Waals surface area contributed by atoms with Gasteiger partial charge in [-0.1, -0.05) is 17.7 Å². The van der Waals surface area contributed by atoms with E-state index in [0.717, 1.165) is 18.2 Å². The lowest BCUT2D eigenvalue weighted by Gasteiger charge is -2.13. The molecule has 0 unspecified atom stereocenters. The van der Waals surface area contributed by atoms with Gasteiger partial charge in [0.1, 0.15) is 22.9 Å². The summed E-state index contributed by atoms with van der Waals surface area (Å²) < 4.78 is 86.0. The van der Waals surface area contributed by atoms with Crippen LogP contribution in [0, 0.1) is 17.5 Å². The topological polar surface area (TPSA) is 81.4 Å². The van der Waals surface area contributed by atoms with Crippen LogP contribution in [0.3, 0.4) is 0 Å². The summed E-state index contributed by atoms with van der Waals surface area (Å²) in [4.78, 5) is 23.4. The van der Waals surface area contributed by atoms with Gasteiger partial charge >= 0.3 is 6.18 Å². The Kier molecular flexibility index (Phi) is 6.54. The van der Waals surface area contributed by atoms with Crippen LogP contribution in [0.25, 0.3) is 0 Å². The fourth-order valence-electron chi connectivity index (χ4n) is 2.70. The maximum atomic E-state index is 14.8. The molecular formula is C21H11ClF6N2O3. The van der Waals surface area contributed by atoms with Crippen LogP contribution in [-0.4, -0.2) is 11.8 Å². The molecule has 0 aliphatic heterocycles. The number of benzene rings is 3. The van der Waals surface area contributed by atoms with Gasteiger partial charge in [-0.25, -0.2) is 13.2 Å². The Bertz CT molecular complexity index is 1240. The van der Waals surface area contributed by atoms with Gasteiger partial charge in [0.15, 0.2) is 11.6 Å². The third kappa shape index (κ3) is 5.20. The Labute approximate surface area is 186 Å². The van der Waals surface area contributed by atoms with Gasteiger partial charge in [-0.2, -0.15) is 13.2 Å². The van der Waals surface area contributed by atoms with Gasteiger partial charge in [0.2, 0.25) is 0 Å². The fraction of sp³-hybridized carbons (Fsp3) is 0.0476. The molecule has 0 bridgehead atoms. The van der Waals surface area contributed by atoms with E-state index in [0.29, 0.717) is 24.3 Å². The van der Waals surface area contributed by atoms with Crippen LogP contribution in [0.5, 0.6) is 11.5 Å². The molecule has 3 aromatic rings. The number of alkyl halides is 3. The van der Waals surface area contributed by atoms with Crippen molar-refractivity contribution in [3.63, 3.8) is 0 Å². The second-order valence-electron chi connectivity index (χ2n) is 6.50. The molecule has 2 amide bonds. The predicted octanol–water partition coefficient (Wildman–Crippen LogP) is 5.92. The van der Waals surface area contributed by atoms with Gasteiger partial charge in [-0.05, 0) is 42.5 Å². The monoisotopic (exact) mass is 488 g/mol. The molecule has 0 aliphatic carbocycles. The van der Waals surface area contributed by atoms with Crippen molar-refractivity contribution in [1.29, 1.82) is 0 Å². The number of nitrogens with one attached hydrogen (secondary N) is 1. The summed E-state index contributed by atoms with van der Waals surface area (Å²) in [5, 5.41) is 1.63. The lowest BCUT2D eigenvalue weighted by Crippen LogP contribution is -2.18. The van der Waals surface area contributed by atoms with Crippen molar-refractivity contribution in [1.82, 2.24) is 0 Å². The molecular weight excluding hydrogens is 478 g/mol. The molecule has 12 heteroatoms. The Balaban J connectivity index is 1.85.